The predicted octanol–water partition coefficient (Wildman–Crippen LogP) is 1.53. The van der Waals surface area contributed by atoms with Gasteiger partial charge >= 0.3 is 0 Å². The van der Waals surface area contributed by atoms with Crippen LogP contribution in [0.3, 0.4) is 0 Å². The number of rotatable bonds is 4. The van der Waals surface area contributed by atoms with Crippen molar-refractivity contribution in [1.29, 1.82) is 0 Å². The average molecular weight is 303 g/mol. The first-order valence-corrected chi connectivity index (χ1v) is 6.40. The van der Waals surface area contributed by atoms with Crippen LogP contribution in [0.15, 0.2) is 23.1 Å². The molecule has 0 amide bonds. The summed E-state index contributed by atoms with van der Waals surface area (Å²) in [5, 5.41) is 0.0285. The van der Waals surface area contributed by atoms with Crippen molar-refractivity contribution in [2.24, 2.45) is 5.73 Å². The van der Waals surface area contributed by atoms with Crippen LogP contribution in [0.1, 0.15) is 6.92 Å². The fraction of sp³-hybridized carbons (Fsp3) is 0.333. The van der Waals surface area contributed by atoms with Crippen LogP contribution in [0.5, 0.6) is 0 Å². The van der Waals surface area contributed by atoms with Crippen molar-refractivity contribution in [3.63, 3.8) is 0 Å². The van der Waals surface area contributed by atoms with Crippen molar-refractivity contribution in [2.75, 3.05) is 6.54 Å². The molecule has 0 saturated heterocycles. The van der Waals surface area contributed by atoms with Gasteiger partial charge in [-0.15, -0.1) is 12.4 Å². The van der Waals surface area contributed by atoms with Gasteiger partial charge in [0.05, 0.1) is 4.90 Å². The van der Waals surface area contributed by atoms with Crippen LogP contribution >= 0.6 is 24.0 Å². The van der Waals surface area contributed by atoms with E-state index >= 15 is 0 Å². The molecule has 3 N–H and O–H groups in total. The van der Waals surface area contributed by atoms with E-state index < -0.39 is 21.9 Å². The quantitative estimate of drug-likeness (QED) is 0.886. The van der Waals surface area contributed by atoms with Crippen LogP contribution in [0.25, 0.3) is 0 Å². The molecule has 17 heavy (non-hydrogen) atoms. The molecule has 0 heterocycles. The number of nitrogens with two attached hydrogens (primary N) is 1. The highest BCUT2D eigenvalue weighted by molar-refractivity contribution is 7.89. The Hall–Kier alpha value is -0.400. The lowest BCUT2D eigenvalue weighted by Gasteiger charge is -2.12. The number of sulfonamides is 1. The number of hydrogen-bond acceptors (Lipinski definition) is 3. The minimum absolute atomic E-state index is 0. The van der Waals surface area contributed by atoms with Gasteiger partial charge in [-0.3, -0.25) is 0 Å². The molecule has 0 saturated carbocycles. The van der Waals surface area contributed by atoms with E-state index in [1.165, 1.54) is 6.07 Å². The molecule has 8 heteroatoms. The Morgan fingerprint density at radius 3 is 2.53 bits per heavy atom. The van der Waals surface area contributed by atoms with Gasteiger partial charge in [-0.2, -0.15) is 0 Å². The van der Waals surface area contributed by atoms with Crippen molar-refractivity contribution < 1.29 is 12.8 Å². The molecular formula is C9H13Cl2FN2O2S. The van der Waals surface area contributed by atoms with Gasteiger partial charge < -0.3 is 5.73 Å². The van der Waals surface area contributed by atoms with Gasteiger partial charge in [0.1, 0.15) is 5.82 Å². The molecule has 0 aliphatic heterocycles. The Kier molecular flexibility index (Phi) is 6.36. The third-order valence-corrected chi connectivity index (χ3v) is 3.64. The summed E-state index contributed by atoms with van der Waals surface area (Å²) in [5.41, 5.74) is 5.29. The molecular weight excluding hydrogens is 290 g/mol. The normalized spacial score (nSPS) is 12.9. The second-order valence-corrected chi connectivity index (χ2v) is 5.51. The second-order valence-electron chi connectivity index (χ2n) is 3.36. The summed E-state index contributed by atoms with van der Waals surface area (Å²) in [6, 6.07) is 2.69. The third-order valence-electron chi connectivity index (χ3n) is 1.86. The summed E-state index contributed by atoms with van der Waals surface area (Å²) < 4.78 is 38.7. The van der Waals surface area contributed by atoms with Gasteiger partial charge in [0.15, 0.2) is 0 Å². The Labute approximate surface area is 111 Å². The molecule has 0 bridgehead atoms. The molecule has 1 aromatic carbocycles. The van der Waals surface area contributed by atoms with E-state index in [0.29, 0.717) is 0 Å². The van der Waals surface area contributed by atoms with E-state index in [9.17, 15) is 12.8 Å². The van der Waals surface area contributed by atoms with Gasteiger partial charge in [-0.25, -0.2) is 17.5 Å². The SMILES string of the molecule is C[C@@H](CN)NS(=O)(=O)c1cc(F)cc(Cl)c1.Cl. The van der Waals surface area contributed by atoms with E-state index in [-0.39, 0.29) is 28.9 Å². The lowest BCUT2D eigenvalue weighted by Crippen LogP contribution is -2.37. The average Bonchev–Trinajstić information content (AvgIpc) is 2.15. The van der Waals surface area contributed by atoms with Crippen LogP contribution in [0, 0.1) is 5.82 Å². The molecule has 98 valence electrons. The summed E-state index contributed by atoms with van der Waals surface area (Å²) in [6.07, 6.45) is 0. The minimum atomic E-state index is -3.77. The smallest absolute Gasteiger partial charge is 0.241 e. The Balaban J connectivity index is 0.00000256. The van der Waals surface area contributed by atoms with Crippen LogP contribution in [-0.2, 0) is 10.0 Å². The van der Waals surface area contributed by atoms with Crippen molar-refractivity contribution in [3.8, 4) is 0 Å². The summed E-state index contributed by atoms with van der Waals surface area (Å²) in [7, 11) is -3.77. The number of benzene rings is 1. The first kappa shape index (κ1) is 16.6. The lowest BCUT2D eigenvalue weighted by molar-refractivity contribution is 0.560. The third kappa shape index (κ3) is 4.77. The maximum absolute atomic E-state index is 13.0. The largest absolute Gasteiger partial charge is 0.329 e. The van der Waals surface area contributed by atoms with Gasteiger partial charge in [-0.1, -0.05) is 11.6 Å². The zero-order valence-electron chi connectivity index (χ0n) is 8.98. The molecule has 0 spiro atoms. The maximum Gasteiger partial charge on any atom is 0.241 e. The lowest BCUT2D eigenvalue weighted by atomic mass is 10.3. The molecule has 0 aliphatic rings. The van der Waals surface area contributed by atoms with Crippen molar-refractivity contribution in [1.82, 2.24) is 4.72 Å². The molecule has 1 atom stereocenters. The zero-order valence-corrected chi connectivity index (χ0v) is 11.4. The van der Waals surface area contributed by atoms with Crippen molar-refractivity contribution >= 4 is 34.0 Å². The standard InChI is InChI=1S/C9H12ClFN2O2S.ClH/c1-6(5-12)13-16(14,15)9-3-7(10)2-8(11)4-9;/h2-4,6,13H,5,12H2,1H3;1H/t6-;/m0./s1. The van der Waals surface area contributed by atoms with Gasteiger partial charge in [0, 0.05) is 17.6 Å². The summed E-state index contributed by atoms with van der Waals surface area (Å²) in [5.74, 6) is -0.701. The van der Waals surface area contributed by atoms with Gasteiger partial charge in [0.2, 0.25) is 10.0 Å². The van der Waals surface area contributed by atoms with E-state index in [1.807, 2.05) is 0 Å². The Morgan fingerprint density at radius 1 is 1.47 bits per heavy atom. The van der Waals surface area contributed by atoms with Gasteiger partial charge in [0.25, 0.3) is 0 Å². The molecule has 0 aromatic heterocycles. The Bertz CT molecular complexity index is 462. The van der Waals surface area contributed by atoms with Gasteiger partial charge in [-0.05, 0) is 25.1 Å². The fourth-order valence-corrected chi connectivity index (χ4v) is 2.66. The van der Waals surface area contributed by atoms with E-state index in [2.05, 4.69) is 4.72 Å². The molecule has 1 aromatic rings. The molecule has 0 unspecified atom stereocenters. The monoisotopic (exact) mass is 302 g/mol. The minimum Gasteiger partial charge on any atom is -0.329 e. The molecule has 0 fully saturated rings. The van der Waals surface area contributed by atoms with Crippen LogP contribution in [0.4, 0.5) is 4.39 Å². The summed E-state index contributed by atoms with van der Waals surface area (Å²) >= 11 is 5.57. The highest BCUT2D eigenvalue weighted by Crippen LogP contribution is 2.18. The fourth-order valence-electron chi connectivity index (χ4n) is 1.06. The zero-order chi connectivity index (χ0) is 12.3. The van der Waals surface area contributed by atoms with Crippen molar-refractivity contribution in [3.05, 3.63) is 29.0 Å². The van der Waals surface area contributed by atoms with E-state index in [0.717, 1.165) is 12.1 Å². The second kappa shape index (κ2) is 6.51. The number of nitrogens with one attached hydrogen (secondary N) is 1. The Morgan fingerprint density at radius 2 is 2.06 bits per heavy atom. The topological polar surface area (TPSA) is 72.2 Å². The first-order valence-electron chi connectivity index (χ1n) is 4.53. The summed E-state index contributed by atoms with van der Waals surface area (Å²) in [6.45, 7) is 1.76. The maximum atomic E-state index is 13.0. The highest BCUT2D eigenvalue weighted by Gasteiger charge is 2.17. The molecule has 0 radical (unpaired) electrons. The van der Waals surface area contributed by atoms with Crippen LogP contribution in [0.2, 0.25) is 5.02 Å². The highest BCUT2D eigenvalue weighted by atomic mass is 35.5. The molecule has 1 rings (SSSR count). The molecule has 4 nitrogen and oxygen atoms in total. The van der Waals surface area contributed by atoms with E-state index in [4.69, 9.17) is 17.3 Å². The van der Waals surface area contributed by atoms with Crippen LogP contribution < -0.4 is 10.5 Å². The van der Waals surface area contributed by atoms with Crippen molar-refractivity contribution in [2.45, 2.75) is 17.9 Å². The summed E-state index contributed by atoms with van der Waals surface area (Å²) in [4.78, 5) is -0.210. The van der Waals surface area contributed by atoms with Crippen LogP contribution in [-0.4, -0.2) is 21.0 Å². The van der Waals surface area contributed by atoms with E-state index in [1.54, 1.807) is 6.92 Å². The first-order chi connectivity index (χ1) is 7.35. The predicted molar refractivity (Wildman–Crippen MR) is 67.5 cm³/mol. The number of hydrogen-bond donors (Lipinski definition) is 2. The number of halogens is 3. The molecule has 0 aliphatic carbocycles.